The summed E-state index contributed by atoms with van der Waals surface area (Å²) < 4.78 is 5.33. The van der Waals surface area contributed by atoms with E-state index in [1.54, 1.807) is 30.5 Å². The number of benzene rings is 1. The fourth-order valence-corrected chi connectivity index (χ4v) is 3.79. The van der Waals surface area contributed by atoms with Crippen LogP contribution in [0, 0.1) is 5.92 Å². The molecular weight excluding hydrogens is 394 g/mol. The van der Waals surface area contributed by atoms with Crippen molar-refractivity contribution in [2.75, 3.05) is 20.2 Å². The van der Waals surface area contributed by atoms with E-state index in [1.807, 2.05) is 36.4 Å². The number of piperidine rings is 1. The lowest BCUT2D eigenvalue weighted by molar-refractivity contribution is -0.126. The maximum Gasteiger partial charge on any atom is 0.271 e. The zero-order valence-corrected chi connectivity index (χ0v) is 17.4. The number of H-pyrrole nitrogens is 1. The van der Waals surface area contributed by atoms with E-state index in [0.29, 0.717) is 43.9 Å². The quantitative estimate of drug-likeness (QED) is 0.640. The monoisotopic (exact) mass is 419 g/mol. The standard InChI is InChI=1S/C23H25N5O3/c1-31-21-5-3-2-4-18(21)15-25-22(29)17-8-12-28(13-9-17)23(30)20-14-19(26-27-20)16-6-10-24-11-7-16/h2-7,10-11,14,17H,8-9,12-13,15H2,1H3,(H,25,29)(H,26,27). The number of nitrogens with zero attached hydrogens (tertiary/aromatic N) is 3. The van der Waals surface area contributed by atoms with Gasteiger partial charge in [-0.15, -0.1) is 0 Å². The Bertz CT molecular complexity index is 1040. The number of hydrogen-bond acceptors (Lipinski definition) is 5. The van der Waals surface area contributed by atoms with Gasteiger partial charge >= 0.3 is 0 Å². The summed E-state index contributed by atoms with van der Waals surface area (Å²) >= 11 is 0. The first-order chi connectivity index (χ1) is 15.2. The van der Waals surface area contributed by atoms with Gasteiger partial charge in [-0.25, -0.2) is 0 Å². The molecule has 160 valence electrons. The molecule has 4 rings (SSSR count). The Morgan fingerprint density at radius 1 is 1.16 bits per heavy atom. The number of methoxy groups -OCH3 is 1. The van der Waals surface area contributed by atoms with Gasteiger partial charge in [-0.2, -0.15) is 5.10 Å². The molecule has 8 heteroatoms. The minimum absolute atomic E-state index is 0.0134. The van der Waals surface area contributed by atoms with Gasteiger partial charge in [0.05, 0.1) is 12.8 Å². The number of hydrogen-bond donors (Lipinski definition) is 2. The van der Waals surface area contributed by atoms with Crippen molar-refractivity contribution in [1.29, 1.82) is 0 Å². The number of carbonyl (C=O) groups is 2. The first-order valence-electron chi connectivity index (χ1n) is 10.3. The van der Waals surface area contributed by atoms with Gasteiger partial charge in [-0.1, -0.05) is 18.2 Å². The summed E-state index contributed by atoms with van der Waals surface area (Å²) in [5.74, 6) is 0.571. The van der Waals surface area contributed by atoms with E-state index in [4.69, 9.17) is 4.74 Å². The highest BCUT2D eigenvalue weighted by Crippen LogP contribution is 2.22. The zero-order valence-electron chi connectivity index (χ0n) is 17.4. The Morgan fingerprint density at radius 3 is 2.65 bits per heavy atom. The summed E-state index contributed by atoms with van der Waals surface area (Å²) in [6, 6.07) is 13.1. The first-order valence-corrected chi connectivity index (χ1v) is 10.3. The Morgan fingerprint density at radius 2 is 1.90 bits per heavy atom. The number of para-hydroxylation sites is 1. The van der Waals surface area contributed by atoms with Crippen LogP contribution in [0.3, 0.4) is 0 Å². The van der Waals surface area contributed by atoms with E-state index in [2.05, 4.69) is 20.5 Å². The lowest BCUT2D eigenvalue weighted by atomic mass is 9.95. The van der Waals surface area contributed by atoms with Crippen molar-refractivity contribution < 1.29 is 14.3 Å². The van der Waals surface area contributed by atoms with E-state index in [9.17, 15) is 9.59 Å². The van der Waals surface area contributed by atoms with Crippen molar-refractivity contribution in [2.45, 2.75) is 19.4 Å². The van der Waals surface area contributed by atoms with Crippen molar-refractivity contribution in [3.8, 4) is 17.0 Å². The lowest BCUT2D eigenvalue weighted by Gasteiger charge is -2.31. The molecule has 0 atom stereocenters. The third-order valence-corrected chi connectivity index (χ3v) is 5.58. The number of amides is 2. The Hall–Kier alpha value is -3.68. The van der Waals surface area contributed by atoms with E-state index in [0.717, 1.165) is 16.9 Å². The van der Waals surface area contributed by atoms with Gasteiger partial charge in [0, 0.05) is 49.1 Å². The molecule has 1 saturated heterocycles. The summed E-state index contributed by atoms with van der Waals surface area (Å²) in [5.41, 5.74) is 2.99. The Balaban J connectivity index is 1.30. The molecule has 2 amide bonds. The number of nitrogens with one attached hydrogen (secondary N) is 2. The van der Waals surface area contributed by atoms with Gasteiger partial charge in [-0.3, -0.25) is 19.7 Å². The smallest absolute Gasteiger partial charge is 0.271 e. The van der Waals surface area contributed by atoms with Crippen LogP contribution in [0.25, 0.3) is 11.3 Å². The topological polar surface area (TPSA) is 100 Å². The Kier molecular flexibility index (Phi) is 6.26. The molecule has 2 aromatic heterocycles. The highest BCUT2D eigenvalue weighted by Gasteiger charge is 2.28. The summed E-state index contributed by atoms with van der Waals surface area (Å²) in [4.78, 5) is 31.2. The van der Waals surface area contributed by atoms with Crippen molar-refractivity contribution >= 4 is 11.8 Å². The summed E-state index contributed by atoms with van der Waals surface area (Å²) in [6.45, 7) is 1.50. The molecule has 0 bridgehead atoms. The molecule has 0 saturated carbocycles. The van der Waals surface area contributed by atoms with Crippen molar-refractivity contribution in [1.82, 2.24) is 25.4 Å². The molecule has 1 aliphatic heterocycles. The minimum atomic E-state index is -0.104. The van der Waals surface area contributed by atoms with Crippen LogP contribution in [0.2, 0.25) is 0 Å². The molecule has 1 aliphatic rings. The van der Waals surface area contributed by atoms with E-state index in [-0.39, 0.29) is 17.7 Å². The minimum Gasteiger partial charge on any atom is -0.496 e. The highest BCUT2D eigenvalue weighted by atomic mass is 16.5. The van der Waals surface area contributed by atoms with Crippen molar-refractivity contribution in [3.05, 3.63) is 66.1 Å². The summed E-state index contributed by atoms with van der Waals surface area (Å²) in [7, 11) is 1.62. The third kappa shape index (κ3) is 4.74. The normalized spacial score (nSPS) is 14.3. The van der Waals surface area contributed by atoms with Gasteiger partial charge in [0.25, 0.3) is 5.91 Å². The summed E-state index contributed by atoms with van der Waals surface area (Å²) in [5, 5.41) is 10.1. The predicted molar refractivity (Wildman–Crippen MR) is 115 cm³/mol. The number of aromatic amines is 1. The van der Waals surface area contributed by atoms with Crippen molar-refractivity contribution in [3.63, 3.8) is 0 Å². The molecule has 3 aromatic rings. The summed E-state index contributed by atoms with van der Waals surface area (Å²) in [6.07, 6.45) is 4.65. The zero-order chi connectivity index (χ0) is 21.6. The second-order valence-corrected chi connectivity index (χ2v) is 7.50. The van der Waals surface area contributed by atoms with E-state index < -0.39 is 0 Å². The number of aromatic nitrogens is 3. The van der Waals surface area contributed by atoms with E-state index >= 15 is 0 Å². The molecule has 8 nitrogen and oxygen atoms in total. The number of carbonyl (C=O) groups excluding carboxylic acids is 2. The molecule has 0 spiro atoms. The van der Waals surface area contributed by atoms with Gasteiger partial charge in [-0.05, 0) is 37.1 Å². The van der Waals surface area contributed by atoms with Crippen LogP contribution in [0.4, 0.5) is 0 Å². The molecule has 31 heavy (non-hydrogen) atoms. The van der Waals surface area contributed by atoms with Gasteiger partial charge in [0.15, 0.2) is 0 Å². The molecule has 3 heterocycles. The molecule has 1 aromatic carbocycles. The molecule has 0 unspecified atom stereocenters. The first kappa shape index (κ1) is 20.6. The maximum absolute atomic E-state index is 12.8. The molecule has 1 fully saturated rings. The molecule has 0 aliphatic carbocycles. The SMILES string of the molecule is COc1ccccc1CNC(=O)C1CCN(C(=O)c2cc(-c3ccncc3)n[nH]2)CC1. The van der Waals surface area contributed by atoms with Crippen molar-refractivity contribution in [2.24, 2.45) is 5.92 Å². The van der Waals surface area contributed by atoms with Crippen LogP contribution in [0.15, 0.2) is 54.9 Å². The van der Waals surface area contributed by atoms with Crippen LogP contribution in [0.1, 0.15) is 28.9 Å². The van der Waals surface area contributed by atoms with E-state index in [1.165, 1.54) is 0 Å². The third-order valence-electron chi connectivity index (χ3n) is 5.58. The lowest BCUT2D eigenvalue weighted by Crippen LogP contribution is -2.43. The molecule has 2 N–H and O–H groups in total. The van der Waals surface area contributed by atoms with Crippen LogP contribution in [-0.4, -0.2) is 52.1 Å². The fraction of sp³-hybridized carbons (Fsp3) is 0.304. The second kappa shape index (κ2) is 9.42. The van der Waals surface area contributed by atoms with Crippen LogP contribution in [-0.2, 0) is 11.3 Å². The van der Waals surface area contributed by atoms with Crippen LogP contribution < -0.4 is 10.1 Å². The second-order valence-electron chi connectivity index (χ2n) is 7.50. The number of rotatable bonds is 6. The number of likely N-dealkylation sites (tertiary alicyclic amines) is 1. The largest absolute Gasteiger partial charge is 0.496 e. The average molecular weight is 419 g/mol. The van der Waals surface area contributed by atoms with Gasteiger partial charge in [0.2, 0.25) is 5.91 Å². The highest BCUT2D eigenvalue weighted by molar-refractivity contribution is 5.93. The average Bonchev–Trinajstić information content (AvgIpc) is 3.33. The number of ether oxygens (including phenoxy) is 1. The van der Waals surface area contributed by atoms with Gasteiger partial charge < -0.3 is 15.0 Å². The van der Waals surface area contributed by atoms with Crippen LogP contribution in [0.5, 0.6) is 5.75 Å². The molecule has 0 radical (unpaired) electrons. The predicted octanol–water partition coefficient (Wildman–Crippen LogP) is 2.65. The molecular formula is C23H25N5O3. The van der Waals surface area contributed by atoms with Gasteiger partial charge in [0.1, 0.15) is 11.4 Å². The fourth-order valence-electron chi connectivity index (χ4n) is 3.79. The van der Waals surface area contributed by atoms with Crippen LogP contribution >= 0.6 is 0 Å². The maximum atomic E-state index is 12.8. The Labute approximate surface area is 180 Å². The number of pyridine rings is 1.